The first-order valence-electron chi connectivity index (χ1n) is 5.74. The summed E-state index contributed by atoms with van der Waals surface area (Å²) in [5.41, 5.74) is 7.29. The molecular formula is C13H20BrNO2. The van der Waals surface area contributed by atoms with Crippen molar-refractivity contribution in [1.82, 2.24) is 0 Å². The number of methoxy groups -OCH3 is 2. The summed E-state index contributed by atoms with van der Waals surface area (Å²) in [5.74, 6) is 0.849. The van der Waals surface area contributed by atoms with Gasteiger partial charge in [0.2, 0.25) is 0 Å². The molecule has 1 aromatic carbocycles. The minimum absolute atomic E-state index is 0.186. The standard InChI is InChI=1S/C13H20BrNO2/c1-16-7-3-4-11(15)8-10-5-6-13(17-2)12(14)9-10/h5-6,9,11H,3-4,7-8,15H2,1-2H3. The van der Waals surface area contributed by atoms with E-state index in [-0.39, 0.29) is 6.04 Å². The summed E-state index contributed by atoms with van der Waals surface area (Å²) in [6, 6.07) is 6.27. The molecule has 3 nitrogen and oxygen atoms in total. The van der Waals surface area contributed by atoms with Crippen molar-refractivity contribution in [3.63, 3.8) is 0 Å². The van der Waals surface area contributed by atoms with E-state index >= 15 is 0 Å². The first-order valence-corrected chi connectivity index (χ1v) is 6.53. The highest BCUT2D eigenvalue weighted by molar-refractivity contribution is 9.10. The van der Waals surface area contributed by atoms with E-state index in [0.29, 0.717) is 0 Å². The average molecular weight is 302 g/mol. The summed E-state index contributed by atoms with van der Waals surface area (Å²) < 4.78 is 11.2. The topological polar surface area (TPSA) is 44.5 Å². The van der Waals surface area contributed by atoms with Crippen LogP contribution in [0.5, 0.6) is 5.75 Å². The van der Waals surface area contributed by atoms with Crippen LogP contribution in [0.15, 0.2) is 22.7 Å². The molecule has 17 heavy (non-hydrogen) atoms. The van der Waals surface area contributed by atoms with Crippen LogP contribution >= 0.6 is 15.9 Å². The van der Waals surface area contributed by atoms with E-state index in [1.54, 1.807) is 14.2 Å². The third-order valence-corrected chi connectivity index (χ3v) is 3.26. The van der Waals surface area contributed by atoms with E-state index in [1.165, 1.54) is 5.56 Å². The lowest BCUT2D eigenvalue weighted by atomic mass is 10.0. The summed E-state index contributed by atoms with van der Waals surface area (Å²) in [4.78, 5) is 0. The molecule has 4 heteroatoms. The van der Waals surface area contributed by atoms with E-state index < -0.39 is 0 Å². The Hall–Kier alpha value is -0.580. The molecule has 0 aliphatic heterocycles. The summed E-state index contributed by atoms with van der Waals surface area (Å²) in [5, 5.41) is 0. The van der Waals surface area contributed by atoms with Gasteiger partial charge in [-0.05, 0) is 52.9 Å². The normalized spacial score (nSPS) is 12.5. The third-order valence-electron chi connectivity index (χ3n) is 2.64. The van der Waals surface area contributed by atoms with Crippen LogP contribution in [0.3, 0.4) is 0 Å². The fourth-order valence-corrected chi connectivity index (χ4v) is 2.32. The second kappa shape index (κ2) is 7.69. The zero-order chi connectivity index (χ0) is 12.7. The maximum atomic E-state index is 6.07. The van der Waals surface area contributed by atoms with Crippen LogP contribution in [0, 0.1) is 0 Å². The molecule has 0 bridgehead atoms. The van der Waals surface area contributed by atoms with E-state index in [2.05, 4.69) is 28.1 Å². The van der Waals surface area contributed by atoms with Crippen LogP contribution in [0.25, 0.3) is 0 Å². The van der Waals surface area contributed by atoms with Gasteiger partial charge < -0.3 is 15.2 Å². The highest BCUT2D eigenvalue weighted by Gasteiger charge is 2.06. The van der Waals surface area contributed by atoms with Gasteiger partial charge in [-0.15, -0.1) is 0 Å². The monoisotopic (exact) mass is 301 g/mol. The van der Waals surface area contributed by atoms with Crippen LogP contribution in [0.4, 0.5) is 0 Å². The number of nitrogens with two attached hydrogens (primary N) is 1. The Morgan fingerprint density at radius 1 is 1.35 bits per heavy atom. The number of ether oxygens (including phenoxy) is 2. The van der Waals surface area contributed by atoms with Gasteiger partial charge in [0.1, 0.15) is 5.75 Å². The van der Waals surface area contributed by atoms with Gasteiger partial charge in [-0.3, -0.25) is 0 Å². The quantitative estimate of drug-likeness (QED) is 0.788. The molecule has 2 N–H and O–H groups in total. The van der Waals surface area contributed by atoms with Crippen LogP contribution in [-0.4, -0.2) is 26.9 Å². The molecular weight excluding hydrogens is 282 g/mol. The summed E-state index contributed by atoms with van der Waals surface area (Å²) in [6.45, 7) is 0.778. The zero-order valence-corrected chi connectivity index (χ0v) is 12.0. The highest BCUT2D eigenvalue weighted by Crippen LogP contribution is 2.26. The minimum atomic E-state index is 0.186. The molecule has 0 aliphatic carbocycles. The summed E-state index contributed by atoms with van der Waals surface area (Å²) in [7, 11) is 3.38. The van der Waals surface area contributed by atoms with Crippen molar-refractivity contribution in [2.24, 2.45) is 5.73 Å². The number of benzene rings is 1. The van der Waals surface area contributed by atoms with Gasteiger partial charge in [0.25, 0.3) is 0 Å². The number of rotatable bonds is 7. The SMILES string of the molecule is COCCCC(N)Cc1ccc(OC)c(Br)c1. The molecule has 1 atom stereocenters. The first kappa shape index (κ1) is 14.5. The largest absolute Gasteiger partial charge is 0.496 e. The van der Waals surface area contributed by atoms with E-state index in [1.807, 2.05) is 6.07 Å². The highest BCUT2D eigenvalue weighted by atomic mass is 79.9. The molecule has 0 aliphatic rings. The summed E-state index contributed by atoms with van der Waals surface area (Å²) >= 11 is 3.48. The molecule has 0 spiro atoms. The molecule has 0 heterocycles. The molecule has 96 valence electrons. The molecule has 1 rings (SSSR count). The molecule has 1 unspecified atom stereocenters. The smallest absolute Gasteiger partial charge is 0.133 e. The van der Waals surface area contributed by atoms with E-state index in [0.717, 1.165) is 36.1 Å². The van der Waals surface area contributed by atoms with Crippen molar-refractivity contribution in [2.75, 3.05) is 20.8 Å². The maximum Gasteiger partial charge on any atom is 0.133 e. The molecule has 1 aromatic rings. The van der Waals surface area contributed by atoms with E-state index in [4.69, 9.17) is 15.2 Å². The number of halogens is 1. The van der Waals surface area contributed by atoms with Crippen LogP contribution in [0.1, 0.15) is 18.4 Å². The Balaban J connectivity index is 2.48. The Kier molecular flexibility index (Phi) is 6.55. The van der Waals surface area contributed by atoms with Crippen molar-refractivity contribution in [2.45, 2.75) is 25.3 Å². The fourth-order valence-electron chi connectivity index (χ4n) is 1.73. The lowest BCUT2D eigenvalue weighted by molar-refractivity contribution is 0.190. The van der Waals surface area contributed by atoms with E-state index in [9.17, 15) is 0 Å². The van der Waals surface area contributed by atoms with Crippen LogP contribution < -0.4 is 10.5 Å². The number of hydrogen-bond donors (Lipinski definition) is 1. The van der Waals surface area contributed by atoms with Crippen molar-refractivity contribution in [1.29, 1.82) is 0 Å². The fraction of sp³-hybridized carbons (Fsp3) is 0.538. The minimum Gasteiger partial charge on any atom is -0.496 e. The predicted octanol–water partition coefficient (Wildman–Crippen LogP) is 2.75. The average Bonchev–Trinajstić information content (AvgIpc) is 2.29. The molecule has 0 amide bonds. The Labute approximate surface area is 111 Å². The van der Waals surface area contributed by atoms with Crippen molar-refractivity contribution in [3.8, 4) is 5.75 Å². The van der Waals surface area contributed by atoms with Gasteiger partial charge in [-0.1, -0.05) is 6.07 Å². The molecule has 0 saturated carbocycles. The lowest BCUT2D eigenvalue weighted by Gasteiger charge is -2.12. The zero-order valence-electron chi connectivity index (χ0n) is 10.4. The van der Waals surface area contributed by atoms with Crippen molar-refractivity contribution < 1.29 is 9.47 Å². The molecule has 0 aromatic heterocycles. The maximum absolute atomic E-state index is 6.07. The van der Waals surface area contributed by atoms with Crippen LogP contribution in [0.2, 0.25) is 0 Å². The predicted molar refractivity (Wildman–Crippen MR) is 73.5 cm³/mol. The Bertz CT molecular complexity index is 344. The van der Waals surface area contributed by atoms with Gasteiger partial charge >= 0.3 is 0 Å². The van der Waals surface area contributed by atoms with Gasteiger partial charge in [0, 0.05) is 19.8 Å². The Morgan fingerprint density at radius 2 is 2.12 bits per heavy atom. The van der Waals surface area contributed by atoms with Gasteiger partial charge in [-0.2, -0.15) is 0 Å². The third kappa shape index (κ3) is 5.06. The van der Waals surface area contributed by atoms with Crippen LogP contribution in [-0.2, 0) is 11.2 Å². The second-order valence-corrected chi connectivity index (χ2v) is 4.92. The van der Waals surface area contributed by atoms with Gasteiger partial charge in [0.15, 0.2) is 0 Å². The molecule has 0 radical (unpaired) electrons. The van der Waals surface area contributed by atoms with Crippen molar-refractivity contribution >= 4 is 15.9 Å². The lowest BCUT2D eigenvalue weighted by Crippen LogP contribution is -2.23. The molecule has 0 saturated heterocycles. The summed E-state index contributed by atoms with van der Waals surface area (Å²) in [6.07, 6.45) is 2.87. The first-order chi connectivity index (χ1) is 8.17. The van der Waals surface area contributed by atoms with Gasteiger partial charge in [0.05, 0.1) is 11.6 Å². The number of hydrogen-bond acceptors (Lipinski definition) is 3. The van der Waals surface area contributed by atoms with Crippen molar-refractivity contribution in [3.05, 3.63) is 28.2 Å². The Morgan fingerprint density at radius 3 is 2.71 bits per heavy atom. The van der Waals surface area contributed by atoms with Gasteiger partial charge in [-0.25, -0.2) is 0 Å². The second-order valence-electron chi connectivity index (χ2n) is 4.07. The molecule has 0 fully saturated rings.